The molecule has 46 heavy (non-hydrogen) atoms. The molecule has 0 atom stereocenters. The van der Waals surface area contributed by atoms with Gasteiger partial charge in [0.1, 0.15) is 0 Å². The van der Waals surface area contributed by atoms with Gasteiger partial charge in [0.15, 0.2) is 0 Å². The van der Waals surface area contributed by atoms with E-state index in [9.17, 15) is 5.26 Å². The highest BCUT2D eigenvalue weighted by Crippen LogP contribution is 2.41. The minimum Gasteiger partial charge on any atom is -0.255 e. The van der Waals surface area contributed by atoms with Crippen molar-refractivity contribution in [2.45, 2.75) is 0 Å². The van der Waals surface area contributed by atoms with Gasteiger partial charge in [-0.25, -0.2) is 4.98 Å². The van der Waals surface area contributed by atoms with E-state index in [4.69, 9.17) is 4.98 Å². The van der Waals surface area contributed by atoms with Crippen molar-refractivity contribution in [1.29, 1.82) is 5.26 Å². The fourth-order valence-corrected chi connectivity index (χ4v) is 6.12. The van der Waals surface area contributed by atoms with E-state index in [-0.39, 0.29) is 0 Å². The monoisotopic (exact) mass is 586 g/mol. The first-order valence-electron chi connectivity index (χ1n) is 15.2. The molecule has 0 unspecified atom stereocenters. The molecular weight excluding hydrogens is 560 g/mol. The zero-order chi connectivity index (χ0) is 30.9. The largest absolute Gasteiger partial charge is 0.255 e. The Balaban J connectivity index is 1.41. The summed E-state index contributed by atoms with van der Waals surface area (Å²) in [6.45, 7) is 0. The summed E-state index contributed by atoms with van der Waals surface area (Å²) in [4.78, 5) is 14.3. The van der Waals surface area contributed by atoms with Gasteiger partial charge in [0, 0.05) is 12.4 Å². The molecule has 8 rings (SSSR count). The molecular formula is C42H26N4. The van der Waals surface area contributed by atoms with Crippen LogP contribution in [0.4, 0.5) is 0 Å². The van der Waals surface area contributed by atoms with E-state index in [0.717, 1.165) is 72.3 Å². The van der Waals surface area contributed by atoms with Gasteiger partial charge in [-0.15, -0.1) is 0 Å². The number of rotatable bonds is 5. The van der Waals surface area contributed by atoms with Gasteiger partial charge in [-0.2, -0.15) is 5.26 Å². The fourth-order valence-electron chi connectivity index (χ4n) is 6.12. The highest BCUT2D eigenvalue weighted by molar-refractivity contribution is 6.04. The quantitative estimate of drug-likeness (QED) is 0.201. The van der Waals surface area contributed by atoms with Crippen LogP contribution in [0.1, 0.15) is 5.56 Å². The van der Waals surface area contributed by atoms with Crippen LogP contribution >= 0.6 is 0 Å². The third-order valence-corrected chi connectivity index (χ3v) is 8.37. The van der Waals surface area contributed by atoms with Gasteiger partial charge >= 0.3 is 0 Å². The summed E-state index contributed by atoms with van der Waals surface area (Å²) in [6.07, 6.45) is 3.59. The molecule has 8 aromatic rings. The average Bonchev–Trinajstić information content (AvgIpc) is 3.14. The number of nitriles is 1. The third kappa shape index (κ3) is 5.06. The molecule has 0 aliphatic heterocycles. The van der Waals surface area contributed by atoms with Crippen LogP contribution < -0.4 is 0 Å². The van der Waals surface area contributed by atoms with Crippen molar-refractivity contribution in [1.82, 2.24) is 15.0 Å². The summed E-state index contributed by atoms with van der Waals surface area (Å²) in [6, 6.07) is 52.2. The average molecular weight is 587 g/mol. The molecule has 0 saturated heterocycles. The minimum atomic E-state index is 0.645. The van der Waals surface area contributed by atoms with E-state index < -0.39 is 0 Å². The number of pyridine rings is 3. The lowest BCUT2D eigenvalue weighted by atomic mass is 9.87. The zero-order valence-corrected chi connectivity index (χ0v) is 24.8. The van der Waals surface area contributed by atoms with Crippen LogP contribution in [0.5, 0.6) is 0 Å². The molecule has 0 N–H and O–H groups in total. The Morgan fingerprint density at radius 3 is 1.52 bits per heavy atom. The van der Waals surface area contributed by atoms with Gasteiger partial charge in [0.25, 0.3) is 0 Å². The lowest BCUT2D eigenvalue weighted by molar-refractivity contribution is 1.22. The maximum atomic E-state index is 9.41. The molecule has 3 heterocycles. The van der Waals surface area contributed by atoms with Crippen LogP contribution in [-0.4, -0.2) is 15.0 Å². The Kier molecular flexibility index (Phi) is 6.83. The van der Waals surface area contributed by atoms with E-state index in [1.807, 2.05) is 60.7 Å². The van der Waals surface area contributed by atoms with Gasteiger partial charge in [0.05, 0.1) is 34.4 Å². The van der Waals surface area contributed by atoms with Crippen molar-refractivity contribution in [3.05, 3.63) is 164 Å². The molecule has 3 aromatic heterocycles. The van der Waals surface area contributed by atoms with E-state index in [2.05, 4.69) is 101 Å². The molecule has 0 saturated carbocycles. The molecule has 0 aliphatic carbocycles. The Labute approximate surface area is 266 Å². The highest BCUT2D eigenvalue weighted by atomic mass is 14.8. The number of nitrogens with zero attached hydrogens (tertiary/aromatic N) is 4. The fraction of sp³-hybridized carbons (Fsp3) is 0. The summed E-state index contributed by atoms with van der Waals surface area (Å²) in [5, 5.41) is 14.0. The Bertz CT molecular complexity index is 2350. The number of fused-ring (bicyclic) bond motifs is 2. The van der Waals surface area contributed by atoms with E-state index in [0.29, 0.717) is 5.56 Å². The first kappa shape index (κ1) is 27.1. The molecule has 0 aliphatic rings. The van der Waals surface area contributed by atoms with Gasteiger partial charge in [-0.05, 0) is 128 Å². The standard InChI is InChI=1S/C42H26N4/c43-27-28-15-17-29(18-16-28)36-24-33(21-32-11-3-4-12-35(32)36)37-22-30-9-1-2-10-31(30)23-38(37)34-25-41(39-13-5-7-19-44-39)46-42(26-34)40-14-6-8-20-45-40/h1-26H. The summed E-state index contributed by atoms with van der Waals surface area (Å²) < 4.78 is 0. The van der Waals surface area contributed by atoms with Crippen LogP contribution in [-0.2, 0) is 0 Å². The maximum absolute atomic E-state index is 9.41. The van der Waals surface area contributed by atoms with Crippen LogP contribution in [0.3, 0.4) is 0 Å². The molecule has 4 heteroatoms. The predicted octanol–water partition coefficient (Wildman–Crippen LogP) is 10.4. The van der Waals surface area contributed by atoms with Gasteiger partial charge < -0.3 is 0 Å². The summed E-state index contributed by atoms with van der Waals surface area (Å²) in [5.41, 5.74) is 10.4. The van der Waals surface area contributed by atoms with Crippen molar-refractivity contribution in [3.8, 4) is 62.2 Å². The second kappa shape index (κ2) is 11.6. The first-order valence-corrected chi connectivity index (χ1v) is 15.2. The normalized spacial score (nSPS) is 11.0. The van der Waals surface area contributed by atoms with Crippen molar-refractivity contribution in [3.63, 3.8) is 0 Å². The summed E-state index contributed by atoms with van der Waals surface area (Å²) >= 11 is 0. The molecule has 0 fully saturated rings. The minimum absolute atomic E-state index is 0.645. The molecule has 5 aromatic carbocycles. The number of aromatic nitrogens is 3. The van der Waals surface area contributed by atoms with Crippen LogP contribution in [0, 0.1) is 11.3 Å². The molecule has 0 radical (unpaired) electrons. The van der Waals surface area contributed by atoms with Crippen molar-refractivity contribution < 1.29 is 0 Å². The first-order chi connectivity index (χ1) is 22.7. The topological polar surface area (TPSA) is 62.5 Å². The second-order valence-electron chi connectivity index (χ2n) is 11.2. The van der Waals surface area contributed by atoms with E-state index >= 15 is 0 Å². The summed E-state index contributed by atoms with van der Waals surface area (Å²) in [7, 11) is 0. The van der Waals surface area contributed by atoms with E-state index in [1.54, 1.807) is 12.4 Å². The van der Waals surface area contributed by atoms with Gasteiger partial charge in [-0.1, -0.05) is 72.8 Å². The van der Waals surface area contributed by atoms with Crippen LogP contribution in [0.2, 0.25) is 0 Å². The lowest BCUT2D eigenvalue weighted by Gasteiger charge is -2.17. The van der Waals surface area contributed by atoms with Crippen LogP contribution in [0.15, 0.2) is 158 Å². The van der Waals surface area contributed by atoms with Crippen molar-refractivity contribution in [2.75, 3.05) is 0 Å². The molecule has 214 valence electrons. The summed E-state index contributed by atoms with van der Waals surface area (Å²) in [5.74, 6) is 0. The molecule has 4 nitrogen and oxygen atoms in total. The van der Waals surface area contributed by atoms with Gasteiger partial charge in [0.2, 0.25) is 0 Å². The van der Waals surface area contributed by atoms with E-state index in [1.165, 1.54) is 5.39 Å². The number of benzene rings is 5. The van der Waals surface area contributed by atoms with Gasteiger partial charge in [-0.3, -0.25) is 9.97 Å². The van der Waals surface area contributed by atoms with Crippen molar-refractivity contribution >= 4 is 21.5 Å². The molecule has 0 bridgehead atoms. The zero-order valence-electron chi connectivity index (χ0n) is 24.8. The lowest BCUT2D eigenvalue weighted by Crippen LogP contribution is -1.95. The highest BCUT2D eigenvalue weighted by Gasteiger charge is 2.17. The molecule has 0 spiro atoms. The van der Waals surface area contributed by atoms with Crippen LogP contribution in [0.25, 0.3) is 77.7 Å². The van der Waals surface area contributed by atoms with Crippen molar-refractivity contribution in [2.24, 2.45) is 0 Å². The Hall–Kier alpha value is -6.44. The SMILES string of the molecule is N#Cc1ccc(-c2cc(-c3cc4ccccc4cc3-c3cc(-c4ccccn4)nc(-c4ccccn4)c3)cc3ccccc23)cc1. The predicted molar refractivity (Wildman–Crippen MR) is 187 cm³/mol. The molecule has 0 amide bonds. The second-order valence-corrected chi connectivity index (χ2v) is 11.2. The Morgan fingerprint density at radius 1 is 0.413 bits per heavy atom. The smallest absolute Gasteiger partial charge is 0.0991 e. The maximum Gasteiger partial charge on any atom is 0.0991 e. The number of hydrogen-bond donors (Lipinski definition) is 0. The number of hydrogen-bond acceptors (Lipinski definition) is 4. The third-order valence-electron chi connectivity index (χ3n) is 8.37. The Morgan fingerprint density at radius 2 is 0.957 bits per heavy atom.